The highest BCUT2D eigenvalue weighted by atomic mass is 35.5. The van der Waals surface area contributed by atoms with Crippen LogP contribution in [0.25, 0.3) is 6.08 Å². The molecule has 3 aromatic rings. The summed E-state index contributed by atoms with van der Waals surface area (Å²) in [6, 6.07) is 11.1. The fourth-order valence-corrected chi connectivity index (χ4v) is 5.60. The number of nitro groups is 1. The van der Waals surface area contributed by atoms with Crippen LogP contribution >= 0.6 is 22.9 Å². The number of nitrogens with zero attached hydrogens (tertiary/aromatic N) is 4. The van der Waals surface area contributed by atoms with Crippen molar-refractivity contribution < 1.29 is 14.5 Å². The lowest BCUT2D eigenvalue weighted by Crippen LogP contribution is -2.39. The zero-order valence-corrected chi connectivity index (χ0v) is 22.3. The lowest BCUT2D eigenvalue weighted by molar-refractivity contribution is -0.384. The number of hydrogen-bond donors (Lipinski definition) is 0. The van der Waals surface area contributed by atoms with Crippen LogP contribution in [0.4, 0.5) is 11.4 Å². The molecule has 1 unspecified atom stereocenters. The molecule has 9 nitrogen and oxygen atoms in total. The molecule has 0 saturated carbocycles. The highest BCUT2D eigenvalue weighted by molar-refractivity contribution is 7.07. The van der Waals surface area contributed by atoms with Crippen molar-refractivity contribution in [2.75, 3.05) is 25.1 Å². The van der Waals surface area contributed by atoms with Gasteiger partial charge in [0.2, 0.25) is 0 Å². The normalized spacial score (nSPS) is 15.3. The van der Waals surface area contributed by atoms with E-state index in [4.69, 9.17) is 16.3 Å². The predicted molar refractivity (Wildman–Crippen MR) is 144 cm³/mol. The number of carbonyl (C=O) groups excluding carboxylic acids is 1. The van der Waals surface area contributed by atoms with E-state index in [1.54, 1.807) is 19.1 Å². The van der Waals surface area contributed by atoms with Gasteiger partial charge in [-0.25, -0.2) is 9.79 Å². The van der Waals surface area contributed by atoms with Crippen molar-refractivity contribution in [3.8, 4) is 0 Å². The van der Waals surface area contributed by atoms with E-state index in [1.807, 2.05) is 24.3 Å². The number of allylic oxidation sites excluding steroid dienone is 1. The maximum absolute atomic E-state index is 13.7. The van der Waals surface area contributed by atoms with Crippen LogP contribution in [-0.4, -0.2) is 35.7 Å². The minimum absolute atomic E-state index is 0.0466. The number of fused-ring (bicyclic) bond motifs is 1. The summed E-state index contributed by atoms with van der Waals surface area (Å²) in [5, 5.41) is 11.5. The Kier molecular flexibility index (Phi) is 7.60. The number of methoxy groups -OCH3 is 1. The molecular weight excluding hydrogens is 516 g/mol. The molecule has 0 saturated heterocycles. The van der Waals surface area contributed by atoms with E-state index in [2.05, 4.69) is 23.7 Å². The van der Waals surface area contributed by atoms with Crippen molar-refractivity contribution in [3.05, 3.63) is 99.7 Å². The topological polar surface area (TPSA) is 107 Å². The summed E-state index contributed by atoms with van der Waals surface area (Å²) in [7, 11) is 1.23. The van der Waals surface area contributed by atoms with Crippen molar-refractivity contribution in [1.29, 1.82) is 0 Å². The summed E-state index contributed by atoms with van der Waals surface area (Å²) in [5.41, 5.74) is 2.08. The smallest absolute Gasteiger partial charge is 0.338 e. The first-order valence-electron chi connectivity index (χ1n) is 11.6. The quantitative estimate of drug-likeness (QED) is 0.256. The number of halogens is 1. The highest BCUT2D eigenvalue weighted by Gasteiger charge is 2.34. The van der Waals surface area contributed by atoms with Crippen LogP contribution in [0.1, 0.15) is 37.9 Å². The summed E-state index contributed by atoms with van der Waals surface area (Å²) in [4.78, 5) is 44.5. The van der Waals surface area contributed by atoms with Gasteiger partial charge in [0.15, 0.2) is 4.80 Å². The number of benzene rings is 2. The van der Waals surface area contributed by atoms with E-state index in [-0.39, 0.29) is 21.8 Å². The zero-order chi connectivity index (χ0) is 26.9. The van der Waals surface area contributed by atoms with E-state index in [0.29, 0.717) is 20.6 Å². The average Bonchev–Trinajstić information content (AvgIpc) is 3.18. The second kappa shape index (κ2) is 10.7. The van der Waals surface area contributed by atoms with Gasteiger partial charge < -0.3 is 9.64 Å². The van der Waals surface area contributed by atoms with Gasteiger partial charge in [-0.05, 0) is 56.2 Å². The summed E-state index contributed by atoms with van der Waals surface area (Å²) in [6.07, 6.45) is 1.77. The molecule has 0 radical (unpaired) electrons. The summed E-state index contributed by atoms with van der Waals surface area (Å²) < 4.78 is 6.78. The van der Waals surface area contributed by atoms with Gasteiger partial charge in [0.1, 0.15) is 5.02 Å². The maximum atomic E-state index is 13.7. The molecule has 1 aliphatic heterocycles. The van der Waals surface area contributed by atoms with Crippen molar-refractivity contribution in [2.24, 2.45) is 4.99 Å². The minimum atomic E-state index is -0.966. The molecule has 1 atom stereocenters. The Hall–Kier alpha value is -3.76. The first-order valence-corrected chi connectivity index (χ1v) is 12.8. The van der Waals surface area contributed by atoms with Crippen LogP contribution < -0.4 is 19.8 Å². The van der Waals surface area contributed by atoms with E-state index in [9.17, 15) is 19.7 Å². The van der Waals surface area contributed by atoms with Crippen molar-refractivity contribution in [2.45, 2.75) is 26.8 Å². The van der Waals surface area contributed by atoms with E-state index in [1.165, 1.54) is 35.1 Å². The van der Waals surface area contributed by atoms with Crippen LogP contribution in [0.5, 0.6) is 0 Å². The molecule has 11 heteroatoms. The van der Waals surface area contributed by atoms with Gasteiger partial charge in [-0.2, -0.15) is 0 Å². The molecule has 1 aromatic heterocycles. The molecular formula is C26H25ClN4O5S. The summed E-state index contributed by atoms with van der Waals surface area (Å²) >= 11 is 7.21. The molecule has 0 N–H and O–H groups in total. The molecule has 192 valence electrons. The van der Waals surface area contributed by atoms with Gasteiger partial charge in [0.05, 0.1) is 33.9 Å². The number of nitro benzene ring substituents is 1. The second-order valence-electron chi connectivity index (χ2n) is 8.31. The van der Waals surface area contributed by atoms with Crippen molar-refractivity contribution in [1.82, 2.24) is 4.57 Å². The third-order valence-corrected chi connectivity index (χ3v) is 7.53. The fraction of sp³-hybridized carbons (Fsp3) is 0.269. The van der Waals surface area contributed by atoms with E-state index >= 15 is 0 Å². The molecule has 0 spiro atoms. The second-order valence-corrected chi connectivity index (χ2v) is 9.72. The van der Waals surface area contributed by atoms with E-state index < -0.39 is 16.9 Å². The fourth-order valence-electron chi connectivity index (χ4n) is 4.37. The Bertz CT molecular complexity index is 1590. The van der Waals surface area contributed by atoms with Crippen molar-refractivity contribution >= 4 is 46.4 Å². The van der Waals surface area contributed by atoms with Crippen LogP contribution in [0.15, 0.2) is 63.5 Å². The number of carbonyl (C=O) groups is 1. The van der Waals surface area contributed by atoms with Gasteiger partial charge in [-0.15, -0.1) is 0 Å². The molecule has 0 bridgehead atoms. The van der Waals surface area contributed by atoms with Crippen LogP contribution in [0.2, 0.25) is 5.02 Å². The number of rotatable bonds is 7. The van der Waals surface area contributed by atoms with Gasteiger partial charge in [-0.3, -0.25) is 19.5 Å². The van der Waals surface area contributed by atoms with Crippen LogP contribution in [-0.2, 0) is 9.53 Å². The number of anilines is 1. The average molecular weight is 541 g/mol. The summed E-state index contributed by atoms with van der Waals surface area (Å²) in [5.74, 6) is -0.676. The Morgan fingerprint density at radius 1 is 1.24 bits per heavy atom. The molecule has 2 aromatic carbocycles. The molecule has 0 amide bonds. The first kappa shape index (κ1) is 26.3. The molecule has 2 heterocycles. The van der Waals surface area contributed by atoms with Gasteiger partial charge >= 0.3 is 5.97 Å². The Morgan fingerprint density at radius 2 is 1.92 bits per heavy atom. The Morgan fingerprint density at radius 3 is 2.51 bits per heavy atom. The third-order valence-electron chi connectivity index (χ3n) is 6.23. The lowest BCUT2D eigenvalue weighted by atomic mass is 9.95. The molecule has 0 fully saturated rings. The lowest BCUT2D eigenvalue weighted by Gasteiger charge is -2.24. The largest absolute Gasteiger partial charge is 0.466 e. The Labute approximate surface area is 221 Å². The number of esters is 1. The van der Waals surface area contributed by atoms with E-state index in [0.717, 1.165) is 24.3 Å². The molecule has 37 heavy (non-hydrogen) atoms. The van der Waals surface area contributed by atoms with Gasteiger partial charge in [0, 0.05) is 24.8 Å². The predicted octanol–water partition coefficient (Wildman–Crippen LogP) is 3.82. The minimum Gasteiger partial charge on any atom is -0.466 e. The maximum Gasteiger partial charge on any atom is 0.338 e. The number of thiazole rings is 1. The molecule has 1 aliphatic rings. The Balaban J connectivity index is 1.90. The van der Waals surface area contributed by atoms with Crippen molar-refractivity contribution in [3.63, 3.8) is 0 Å². The van der Waals surface area contributed by atoms with Crippen LogP contribution in [0.3, 0.4) is 0 Å². The third kappa shape index (κ3) is 4.94. The van der Waals surface area contributed by atoms with Gasteiger partial charge in [0.25, 0.3) is 11.2 Å². The SMILES string of the molecule is CCN(CC)c1ccc(C=c2sc3n(c2=O)C(c2ccc(Cl)c([N+](=O)[O-])c2)C(C(=O)OC)=C(C)N=3)cc1. The summed E-state index contributed by atoms with van der Waals surface area (Å²) in [6.45, 7) is 7.61. The standard InChI is InChI=1S/C26H25ClN4O5S/c1-5-29(6-2)18-10-7-16(8-11-18)13-21-24(32)30-23(17-9-12-19(27)20(14-17)31(34)35)22(25(33)36-4)15(3)28-26(30)37-21/h7-14,23H,5-6H2,1-4H3. The highest BCUT2D eigenvalue weighted by Crippen LogP contribution is 2.34. The number of aromatic nitrogens is 1. The zero-order valence-electron chi connectivity index (χ0n) is 20.7. The molecule has 0 aliphatic carbocycles. The molecule has 4 rings (SSSR count). The first-order chi connectivity index (χ1) is 17.7. The monoisotopic (exact) mass is 540 g/mol. The number of ether oxygens (including phenoxy) is 1. The van der Waals surface area contributed by atoms with Gasteiger partial charge in [-0.1, -0.05) is 41.1 Å². The van der Waals surface area contributed by atoms with Crippen LogP contribution in [0, 0.1) is 10.1 Å². The number of hydrogen-bond acceptors (Lipinski definition) is 8.